The van der Waals surface area contributed by atoms with E-state index in [2.05, 4.69) is 25.1 Å². The van der Waals surface area contributed by atoms with E-state index >= 15 is 0 Å². The predicted octanol–water partition coefficient (Wildman–Crippen LogP) is 0.641. The number of fused-ring (bicyclic) bond motifs is 1. The van der Waals surface area contributed by atoms with Gasteiger partial charge in [0.15, 0.2) is 0 Å². The van der Waals surface area contributed by atoms with Gasteiger partial charge in [0.2, 0.25) is 0 Å². The highest BCUT2D eigenvalue weighted by Gasteiger charge is 2.19. The number of H-pyrrole nitrogens is 1. The van der Waals surface area contributed by atoms with Crippen LogP contribution < -0.4 is 5.32 Å². The topological polar surface area (TPSA) is 78.8 Å². The van der Waals surface area contributed by atoms with Crippen LogP contribution >= 0.6 is 0 Å². The van der Waals surface area contributed by atoms with E-state index in [0.29, 0.717) is 12.2 Å². The molecule has 3 heterocycles. The first-order valence-electron chi connectivity index (χ1n) is 7.59. The van der Waals surface area contributed by atoms with Crippen LogP contribution in [0.1, 0.15) is 33.3 Å². The summed E-state index contributed by atoms with van der Waals surface area (Å²) in [5.74, 6) is 0.908. The van der Waals surface area contributed by atoms with Crippen molar-refractivity contribution in [1.29, 1.82) is 0 Å². The largest absolute Gasteiger partial charge is 0.340 e. The summed E-state index contributed by atoms with van der Waals surface area (Å²) in [5.41, 5.74) is 3.79. The second-order valence-corrected chi connectivity index (χ2v) is 5.80. The van der Waals surface area contributed by atoms with Gasteiger partial charge in [0.25, 0.3) is 5.91 Å². The summed E-state index contributed by atoms with van der Waals surface area (Å²) in [4.78, 5) is 18.7. The molecule has 0 unspecified atom stereocenters. The minimum atomic E-state index is -0.0271. The molecule has 0 atom stereocenters. The maximum atomic E-state index is 12.5. The van der Waals surface area contributed by atoms with Crippen LogP contribution in [0.3, 0.4) is 0 Å². The van der Waals surface area contributed by atoms with Crippen molar-refractivity contribution in [2.45, 2.75) is 33.4 Å². The number of imidazole rings is 1. The Morgan fingerprint density at radius 1 is 1.45 bits per heavy atom. The number of aromatic nitrogens is 4. The molecule has 2 aromatic rings. The molecule has 0 spiro atoms. The van der Waals surface area contributed by atoms with Gasteiger partial charge in [-0.2, -0.15) is 5.10 Å². The number of hydrogen-bond acceptors (Lipinski definition) is 4. The number of hydrogen-bond donors (Lipinski definition) is 2. The third kappa shape index (κ3) is 2.76. The average molecular weight is 302 g/mol. The zero-order chi connectivity index (χ0) is 15.7. The SMILES string of the molecule is Cc1n[nH]c(C)c1CCN(C)C(=O)c1cn2c(n1)CNCC2. The van der Waals surface area contributed by atoms with E-state index in [1.54, 1.807) is 4.90 Å². The van der Waals surface area contributed by atoms with Crippen LogP contribution in [-0.4, -0.2) is 50.7 Å². The minimum absolute atomic E-state index is 0.0271. The molecular formula is C15H22N6O. The summed E-state index contributed by atoms with van der Waals surface area (Å²) in [6.45, 7) is 7.16. The lowest BCUT2D eigenvalue weighted by molar-refractivity contribution is 0.0791. The molecule has 0 fully saturated rings. The maximum Gasteiger partial charge on any atom is 0.273 e. The number of likely N-dealkylation sites (N-methyl/N-ethyl adjacent to an activating group) is 1. The van der Waals surface area contributed by atoms with E-state index in [1.807, 2.05) is 27.1 Å². The van der Waals surface area contributed by atoms with Crippen LogP contribution in [0.15, 0.2) is 6.20 Å². The first-order chi connectivity index (χ1) is 10.6. The lowest BCUT2D eigenvalue weighted by atomic mass is 10.1. The summed E-state index contributed by atoms with van der Waals surface area (Å²) in [6.07, 6.45) is 2.66. The molecule has 0 saturated carbocycles. The molecule has 0 saturated heterocycles. The van der Waals surface area contributed by atoms with E-state index in [1.165, 1.54) is 5.56 Å². The second kappa shape index (κ2) is 5.92. The van der Waals surface area contributed by atoms with Gasteiger partial charge in [0, 0.05) is 38.6 Å². The van der Waals surface area contributed by atoms with Gasteiger partial charge in [-0.05, 0) is 25.8 Å². The van der Waals surface area contributed by atoms with Crippen molar-refractivity contribution in [3.63, 3.8) is 0 Å². The van der Waals surface area contributed by atoms with Crippen LogP contribution in [0.2, 0.25) is 0 Å². The van der Waals surface area contributed by atoms with Gasteiger partial charge in [-0.1, -0.05) is 0 Å². The molecule has 1 aliphatic heterocycles. The van der Waals surface area contributed by atoms with Crippen molar-refractivity contribution in [1.82, 2.24) is 30.0 Å². The van der Waals surface area contributed by atoms with E-state index < -0.39 is 0 Å². The molecule has 0 aromatic carbocycles. The molecule has 7 heteroatoms. The molecule has 1 amide bonds. The van der Waals surface area contributed by atoms with Crippen molar-refractivity contribution in [2.75, 3.05) is 20.1 Å². The predicted molar refractivity (Wildman–Crippen MR) is 82.7 cm³/mol. The van der Waals surface area contributed by atoms with Gasteiger partial charge < -0.3 is 14.8 Å². The number of aromatic amines is 1. The molecule has 2 N–H and O–H groups in total. The number of carbonyl (C=O) groups excluding carboxylic acids is 1. The fourth-order valence-corrected chi connectivity index (χ4v) is 2.81. The average Bonchev–Trinajstić information content (AvgIpc) is 3.08. The molecular weight excluding hydrogens is 280 g/mol. The molecule has 22 heavy (non-hydrogen) atoms. The van der Waals surface area contributed by atoms with Crippen LogP contribution in [0.25, 0.3) is 0 Å². The number of carbonyl (C=O) groups is 1. The third-order valence-corrected chi connectivity index (χ3v) is 4.22. The van der Waals surface area contributed by atoms with E-state index in [4.69, 9.17) is 0 Å². The molecule has 2 aromatic heterocycles. The quantitative estimate of drug-likeness (QED) is 0.869. The van der Waals surface area contributed by atoms with Crippen molar-refractivity contribution < 1.29 is 4.79 Å². The van der Waals surface area contributed by atoms with Gasteiger partial charge in [-0.15, -0.1) is 0 Å². The zero-order valence-electron chi connectivity index (χ0n) is 13.3. The van der Waals surface area contributed by atoms with Gasteiger partial charge in [0.05, 0.1) is 12.2 Å². The highest BCUT2D eigenvalue weighted by molar-refractivity contribution is 5.92. The van der Waals surface area contributed by atoms with Gasteiger partial charge in [-0.25, -0.2) is 4.98 Å². The van der Waals surface area contributed by atoms with Crippen LogP contribution in [0.5, 0.6) is 0 Å². The number of nitrogens with zero attached hydrogens (tertiary/aromatic N) is 4. The Labute approximate surface area is 129 Å². The summed E-state index contributed by atoms with van der Waals surface area (Å²) >= 11 is 0. The summed E-state index contributed by atoms with van der Waals surface area (Å²) in [5, 5.41) is 10.4. The molecule has 7 nitrogen and oxygen atoms in total. The monoisotopic (exact) mass is 302 g/mol. The van der Waals surface area contributed by atoms with Crippen molar-refractivity contribution >= 4 is 5.91 Å². The second-order valence-electron chi connectivity index (χ2n) is 5.80. The minimum Gasteiger partial charge on any atom is -0.340 e. The van der Waals surface area contributed by atoms with Gasteiger partial charge in [-0.3, -0.25) is 9.89 Å². The number of rotatable bonds is 4. The Kier molecular flexibility index (Phi) is 3.98. The van der Waals surface area contributed by atoms with E-state index in [0.717, 1.165) is 43.3 Å². The fraction of sp³-hybridized carbons (Fsp3) is 0.533. The Balaban J connectivity index is 1.65. The van der Waals surface area contributed by atoms with Gasteiger partial charge in [0.1, 0.15) is 11.5 Å². The molecule has 0 aliphatic carbocycles. The Bertz CT molecular complexity index is 643. The van der Waals surface area contributed by atoms with E-state index in [9.17, 15) is 4.79 Å². The van der Waals surface area contributed by atoms with Crippen molar-refractivity contribution in [3.8, 4) is 0 Å². The maximum absolute atomic E-state index is 12.5. The molecule has 118 valence electrons. The summed E-state index contributed by atoms with van der Waals surface area (Å²) in [7, 11) is 1.82. The van der Waals surface area contributed by atoms with Crippen LogP contribution in [0.4, 0.5) is 0 Å². The lowest BCUT2D eigenvalue weighted by Gasteiger charge is -2.15. The highest BCUT2D eigenvalue weighted by atomic mass is 16.2. The summed E-state index contributed by atoms with van der Waals surface area (Å²) < 4.78 is 2.06. The zero-order valence-corrected chi connectivity index (χ0v) is 13.3. The van der Waals surface area contributed by atoms with Gasteiger partial charge >= 0.3 is 0 Å². The number of aryl methyl sites for hydroxylation is 2. The molecule has 0 radical (unpaired) electrons. The highest BCUT2D eigenvalue weighted by Crippen LogP contribution is 2.12. The third-order valence-electron chi connectivity index (χ3n) is 4.22. The fourth-order valence-electron chi connectivity index (χ4n) is 2.81. The molecule has 1 aliphatic rings. The smallest absolute Gasteiger partial charge is 0.273 e. The van der Waals surface area contributed by atoms with E-state index in [-0.39, 0.29) is 5.91 Å². The normalized spacial score (nSPS) is 14.0. The van der Waals surface area contributed by atoms with Crippen LogP contribution in [0, 0.1) is 13.8 Å². The summed E-state index contributed by atoms with van der Waals surface area (Å²) in [6, 6.07) is 0. The molecule has 3 rings (SSSR count). The number of amides is 1. The standard InChI is InChI=1S/C15H22N6O/c1-10-12(11(2)19-18-10)4-6-20(3)15(22)13-9-21-7-5-16-8-14(21)17-13/h9,16H,4-8H2,1-3H3,(H,18,19). The Morgan fingerprint density at radius 3 is 2.95 bits per heavy atom. The molecule has 0 bridgehead atoms. The lowest BCUT2D eigenvalue weighted by Crippen LogP contribution is -2.29. The number of nitrogens with one attached hydrogen (secondary N) is 2. The van der Waals surface area contributed by atoms with Crippen molar-refractivity contribution in [2.24, 2.45) is 0 Å². The first-order valence-corrected chi connectivity index (χ1v) is 7.59. The van der Waals surface area contributed by atoms with Crippen LogP contribution in [-0.2, 0) is 19.5 Å². The Morgan fingerprint density at radius 2 is 2.27 bits per heavy atom. The van der Waals surface area contributed by atoms with Crippen molar-refractivity contribution in [3.05, 3.63) is 34.7 Å². The first kappa shape index (κ1) is 14.8. The Hall–Kier alpha value is -2.15.